The number of aryl methyl sites for hydroxylation is 2. The molecule has 0 unspecified atom stereocenters. The Morgan fingerprint density at radius 3 is 2.61 bits per heavy atom. The lowest BCUT2D eigenvalue weighted by molar-refractivity contribution is -0.123. The Morgan fingerprint density at radius 1 is 1.25 bits per heavy atom. The van der Waals surface area contributed by atoms with Gasteiger partial charge >= 0.3 is 0 Å². The zero-order chi connectivity index (χ0) is 25.6. The Labute approximate surface area is 212 Å². The molecule has 1 saturated heterocycles. The number of nitrogens with one attached hydrogen (secondary N) is 1. The molecule has 3 aromatic rings. The van der Waals surface area contributed by atoms with E-state index in [-0.39, 0.29) is 28.9 Å². The highest BCUT2D eigenvalue weighted by atomic mass is 32.1. The summed E-state index contributed by atoms with van der Waals surface area (Å²) in [5.74, 6) is 0.0478. The number of thiocarbonyl (C=S) groups is 1. The second-order valence-corrected chi connectivity index (χ2v) is 9.31. The molecule has 0 bridgehead atoms. The summed E-state index contributed by atoms with van der Waals surface area (Å²) in [6.07, 6.45) is 3.43. The first-order valence-corrected chi connectivity index (χ1v) is 11.8. The molecule has 2 amide bonds. The van der Waals surface area contributed by atoms with Gasteiger partial charge in [0.2, 0.25) is 0 Å². The van der Waals surface area contributed by atoms with Crippen molar-refractivity contribution in [2.24, 2.45) is 0 Å². The van der Waals surface area contributed by atoms with Crippen LogP contribution in [0.4, 0.5) is 21.6 Å². The second-order valence-electron chi connectivity index (χ2n) is 8.95. The Morgan fingerprint density at radius 2 is 2.03 bits per heavy atom. The summed E-state index contributed by atoms with van der Waals surface area (Å²) in [7, 11) is 0. The van der Waals surface area contributed by atoms with Gasteiger partial charge in [0.25, 0.3) is 17.6 Å². The van der Waals surface area contributed by atoms with E-state index in [9.17, 15) is 9.59 Å². The van der Waals surface area contributed by atoms with Crippen LogP contribution in [0, 0.1) is 26.2 Å². The third-order valence-electron chi connectivity index (χ3n) is 6.67. The summed E-state index contributed by atoms with van der Waals surface area (Å²) in [6.45, 7) is 10.9. The summed E-state index contributed by atoms with van der Waals surface area (Å²) in [4.78, 5) is 36.8. The van der Waals surface area contributed by atoms with Crippen LogP contribution in [0.1, 0.15) is 46.7 Å². The maximum atomic E-state index is 15.1. The zero-order valence-corrected chi connectivity index (χ0v) is 20.5. The predicted molar refractivity (Wildman–Crippen MR) is 135 cm³/mol. The molecule has 2 fully saturated rings. The molecule has 182 valence electrons. The molecule has 5 rings (SSSR count). The molecular weight excluding hydrogens is 481 g/mol. The van der Waals surface area contributed by atoms with E-state index in [2.05, 4.69) is 15.1 Å². The van der Waals surface area contributed by atoms with Crippen molar-refractivity contribution in [3.63, 3.8) is 0 Å². The molecular formula is C26H22FN5O3S. The van der Waals surface area contributed by atoms with E-state index >= 15 is 4.39 Å². The summed E-state index contributed by atoms with van der Waals surface area (Å²) < 4.78 is 20.6. The minimum atomic E-state index is -0.906. The molecule has 1 saturated carbocycles. The van der Waals surface area contributed by atoms with E-state index in [4.69, 9.17) is 23.2 Å². The van der Waals surface area contributed by atoms with Crippen LogP contribution in [0.25, 0.3) is 4.85 Å². The van der Waals surface area contributed by atoms with Crippen LogP contribution in [0.2, 0.25) is 0 Å². The minimum Gasteiger partial charge on any atom is -0.465 e. The van der Waals surface area contributed by atoms with Crippen molar-refractivity contribution in [1.82, 2.24) is 10.3 Å². The molecule has 1 aromatic carbocycles. The van der Waals surface area contributed by atoms with Crippen molar-refractivity contribution in [1.29, 1.82) is 0 Å². The van der Waals surface area contributed by atoms with Gasteiger partial charge in [0.05, 0.1) is 17.8 Å². The number of hydrogen-bond acceptors (Lipinski definition) is 5. The van der Waals surface area contributed by atoms with E-state index < -0.39 is 17.3 Å². The molecule has 1 aliphatic carbocycles. The van der Waals surface area contributed by atoms with E-state index in [1.807, 2.05) is 0 Å². The lowest BCUT2D eigenvalue weighted by Crippen LogP contribution is -2.55. The summed E-state index contributed by atoms with van der Waals surface area (Å²) >= 11 is 5.71. The SMILES string of the molecule is [C-]#[N+]c1ncc(N2C(=O)C3(CCC3)N(c3ccc(C(=O)NCc4ccc(C)o4)c(F)c3)C2=S)cc1C. The molecule has 1 N–H and O–H groups in total. The topological polar surface area (TPSA) is 83.0 Å². The summed E-state index contributed by atoms with van der Waals surface area (Å²) in [6, 6.07) is 9.47. The van der Waals surface area contributed by atoms with Gasteiger partial charge < -0.3 is 19.5 Å². The first kappa shape index (κ1) is 23.6. The van der Waals surface area contributed by atoms with Crippen molar-refractivity contribution >= 4 is 46.3 Å². The Hall–Kier alpha value is -4.10. The maximum absolute atomic E-state index is 15.1. The molecule has 10 heteroatoms. The van der Waals surface area contributed by atoms with Crippen LogP contribution in [0.3, 0.4) is 0 Å². The number of anilines is 2. The number of furan rings is 1. The van der Waals surface area contributed by atoms with Crippen LogP contribution in [0.15, 0.2) is 47.0 Å². The van der Waals surface area contributed by atoms with E-state index in [0.717, 1.165) is 12.2 Å². The van der Waals surface area contributed by atoms with E-state index in [0.29, 0.717) is 35.5 Å². The van der Waals surface area contributed by atoms with Gasteiger partial charge in [-0.25, -0.2) is 4.39 Å². The van der Waals surface area contributed by atoms with Crippen LogP contribution in [-0.4, -0.2) is 27.4 Å². The molecule has 0 radical (unpaired) electrons. The van der Waals surface area contributed by atoms with Gasteiger partial charge in [0.15, 0.2) is 5.11 Å². The van der Waals surface area contributed by atoms with E-state index in [1.54, 1.807) is 43.0 Å². The lowest BCUT2D eigenvalue weighted by atomic mass is 9.75. The van der Waals surface area contributed by atoms with Crippen LogP contribution in [-0.2, 0) is 11.3 Å². The number of nitrogens with zero attached hydrogens (tertiary/aromatic N) is 4. The normalized spacial score (nSPS) is 16.3. The average molecular weight is 504 g/mol. The van der Waals surface area contributed by atoms with Crippen molar-refractivity contribution < 1.29 is 18.4 Å². The first-order chi connectivity index (χ1) is 17.2. The summed E-state index contributed by atoms with van der Waals surface area (Å²) in [5, 5.41) is 2.86. The Kier molecular flexibility index (Phi) is 5.80. The number of pyridine rings is 1. The highest BCUT2D eigenvalue weighted by Crippen LogP contribution is 2.48. The van der Waals surface area contributed by atoms with Gasteiger partial charge in [0, 0.05) is 5.69 Å². The van der Waals surface area contributed by atoms with Crippen LogP contribution < -0.4 is 15.1 Å². The molecule has 2 aromatic heterocycles. The molecule has 3 heterocycles. The van der Waals surface area contributed by atoms with Gasteiger partial charge in [0.1, 0.15) is 29.1 Å². The largest absolute Gasteiger partial charge is 0.465 e. The number of carbonyl (C=O) groups is 2. The number of aromatic nitrogens is 1. The fourth-order valence-corrected chi connectivity index (χ4v) is 5.14. The van der Waals surface area contributed by atoms with E-state index in [1.165, 1.54) is 23.2 Å². The molecule has 1 aliphatic heterocycles. The Balaban J connectivity index is 1.43. The van der Waals surface area contributed by atoms with Crippen molar-refractivity contribution in [3.05, 3.63) is 82.5 Å². The molecule has 36 heavy (non-hydrogen) atoms. The minimum absolute atomic E-state index is 0.118. The molecule has 1 spiro atoms. The van der Waals surface area contributed by atoms with Gasteiger partial charge in [-0.05, 0) is 87.3 Å². The molecule has 8 nitrogen and oxygen atoms in total. The fraction of sp³-hybridized carbons (Fsp3) is 0.269. The number of hydrogen-bond donors (Lipinski definition) is 1. The van der Waals surface area contributed by atoms with Gasteiger partial charge in [-0.2, -0.15) is 0 Å². The van der Waals surface area contributed by atoms with Crippen LogP contribution in [0.5, 0.6) is 0 Å². The number of amides is 2. The molecule has 0 atom stereocenters. The summed E-state index contributed by atoms with van der Waals surface area (Å²) in [5.41, 5.74) is 0.469. The zero-order valence-electron chi connectivity index (χ0n) is 19.7. The number of halogens is 1. The third-order valence-corrected chi connectivity index (χ3v) is 7.03. The molecule has 2 aliphatic rings. The first-order valence-electron chi connectivity index (χ1n) is 11.4. The third kappa shape index (κ3) is 3.72. The van der Waals surface area contributed by atoms with Crippen molar-refractivity contribution in [3.8, 4) is 0 Å². The smallest absolute Gasteiger partial charge is 0.272 e. The number of benzene rings is 1. The van der Waals surface area contributed by atoms with Gasteiger partial charge in [-0.3, -0.25) is 14.5 Å². The van der Waals surface area contributed by atoms with Gasteiger partial charge in [-0.15, -0.1) is 4.98 Å². The number of rotatable bonds is 5. The number of carbonyl (C=O) groups excluding carboxylic acids is 2. The highest BCUT2D eigenvalue weighted by Gasteiger charge is 2.59. The quantitative estimate of drug-likeness (QED) is 0.391. The Bertz CT molecular complexity index is 1460. The van der Waals surface area contributed by atoms with Crippen molar-refractivity contribution in [2.75, 3.05) is 9.80 Å². The monoisotopic (exact) mass is 503 g/mol. The average Bonchev–Trinajstić information content (AvgIpc) is 3.34. The van der Waals surface area contributed by atoms with Gasteiger partial charge in [-0.1, -0.05) is 6.57 Å². The highest BCUT2D eigenvalue weighted by molar-refractivity contribution is 7.81. The standard InChI is InChI=1S/C26H22FN5O3S/c1-15-11-18(13-29-22(15)28-3)31-24(34)26(9-4-10-26)32(25(31)36)17-6-8-20(21(27)12-17)23(33)30-14-19-7-5-16(2)35-19/h5-8,11-13H,4,9-10,14H2,1-2H3,(H,30,33). The second kappa shape index (κ2) is 8.84. The van der Waals surface area contributed by atoms with Crippen molar-refractivity contribution in [2.45, 2.75) is 45.2 Å². The maximum Gasteiger partial charge on any atom is 0.272 e. The predicted octanol–water partition coefficient (Wildman–Crippen LogP) is 4.97. The lowest BCUT2D eigenvalue weighted by Gasteiger charge is -2.43. The van der Waals surface area contributed by atoms with Crippen LogP contribution >= 0.6 is 12.2 Å². The fourth-order valence-electron chi connectivity index (χ4n) is 4.67.